The molecule has 0 bridgehead atoms. The summed E-state index contributed by atoms with van der Waals surface area (Å²) in [5.41, 5.74) is 0.797. The molecule has 0 atom stereocenters. The van der Waals surface area contributed by atoms with Gasteiger partial charge in [0.25, 0.3) is 5.91 Å². The monoisotopic (exact) mass is 252 g/mol. The number of methoxy groups -OCH3 is 1. The zero-order valence-corrected chi connectivity index (χ0v) is 9.90. The van der Waals surface area contributed by atoms with Gasteiger partial charge in [0.2, 0.25) is 5.91 Å². The van der Waals surface area contributed by atoms with E-state index in [1.165, 1.54) is 30.2 Å². The van der Waals surface area contributed by atoms with Gasteiger partial charge in [-0.05, 0) is 18.2 Å². The minimum atomic E-state index is -0.463. The van der Waals surface area contributed by atoms with E-state index in [0.29, 0.717) is 11.4 Å². The van der Waals surface area contributed by atoms with Gasteiger partial charge in [0.15, 0.2) is 0 Å². The summed E-state index contributed by atoms with van der Waals surface area (Å²) < 4.78 is 17.9. The van der Waals surface area contributed by atoms with Crippen molar-refractivity contribution in [3.05, 3.63) is 24.0 Å². The standard InChI is InChI=1S/C12H13FN2O3/c1-18-7-12(17)15-5-4-11(16)14-9-6-8(13)2-3-10(9)15/h2-3,6H,4-5,7H2,1H3,(H,14,16). The predicted molar refractivity (Wildman–Crippen MR) is 63.9 cm³/mol. The third kappa shape index (κ3) is 2.48. The molecule has 6 heteroatoms. The lowest BCUT2D eigenvalue weighted by Gasteiger charge is -2.21. The molecule has 0 saturated heterocycles. The number of carbonyl (C=O) groups is 2. The van der Waals surface area contributed by atoms with Crippen LogP contribution in [0.2, 0.25) is 0 Å². The maximum atomic E-state index is 13.2. The van der Waals surface area contributed by atoms with Crippen molar-refractivity contribution in [3.8, 4) is 0 Å². The molecule has 1 aromatic rings. The lowest BCUT2D eigenvalue weighted by Crippen LogP contribution is -2.34. The molecular weight excluding hydrogens is 239 g/mol. The zero-order valence-electron chi connectivity index (χ0n) is 9.90. The Morgan fingerprint density at radius 2 is 2.33 bits per heavy atom. The summed E-state index contributed by atoms with van der Waals surface area (Å²) in [6, 6.07) is 3.93. The third-order valence-electron chi connectivity index (χ3n) is 2.65. The number of amides is 2. The van der Waals surface area contributed by atoms with Crippen molar-refractivity contribution in [2.45, 2.75) is 6.42 Å². The van der Waals surface area contributed by atoms with Crippen LogP contribution < -0.4 is 10.2 Å². The Morgan fingerprint density at radius 3 is 3.06 bits per heavy atom. The van der Waals surface area contributed by atoms with Crippen LogP contribution in [-0.2, 0) is 14.3 Å². The summed E-state index contributed by atoms with van der Waals surface area (Å²) in [5.74, 6) is -0.966. The van der Waals surface area contributed by atoms with Crippen molar-refractivity contribution in [1.29, 1.82) is 0 Å². The van der Waals surface area contributed by atoms with E-state index < -0.39 is 5.82 Å². The van der Waals surface area contributed by atoms with E-state index in [1.807, 2.05) is 0 Å². The number of fused-ring (bicyclic) bond motifs is 1. The highest BCUT2D eigenvalue weighted by atomic mass is 19.1. The first-order valence-electron chi connectivity index (χ1n) is 5.50. The number of nitrogens with zero attached hydrogens (tertiary/aromatic N) is 1. The molecule has 96 valence electrons. The summed E-state index contributed by atoms with van der Waals surface area (Å²) in [4.78, 5) is 24.8. The molecule has 0 fully saturated rings. The maximum absolute atomic E-state index is 13.2. The van der Waals surface area contributed by atoms with Crippen molar-refractivity contribution < 1.29 is 18.7 Å². The lowest BCUT2D eigenvalue weighted by atomic mass is 10.2. The van der Waals surface area contributed by atoms with Crippen LogP contribution in [0.4, 0.5) is 15.8 Å². The average Bonchev–Trinajstić information content (AvgIpc) is 2.47. The summed E-state index contributed by atoms with van der Waals surface area (Å²) >= 11 is 0. The van der Waals surface area contributed by atoms with Crippen molar-refractivity contribution in [3.63, 3.8) is 0 Å². The van der Waals surface area contributed by atoms with Gasteiger partial charge in [0, 0.05) is 20.1 Å². The largest absolute Gasteiger partial charge is 0.375 e. The fourth-order valence-corrected chi connectivity index (χ4v) is 1.85. The lowest BCUT2D eigenvalue weighted by molar-refractivity contribution is -0.122. The smallest absolute Gasteiger partial charge is 0.253 e. The van der Waals surface area contributed by atoms with Crippen LogP contribution in [0.15, 0.2) is 18.2 Å². The van der Waals surface area contributed by atoms with Gasteiger partial charge in [-0.1, -0.05) is 0 Å². The molecule has 0 spiro atoms. The van der Waals surface area contributed by atoms with E-state index in [0.717, 1.165) is 0 Å². The van der Waals surface area contributed by atoms with E-state index in [4.69, 9.17) is 4.74 Å². The van der Waals surface area contributed by atoms with E-state index in [1.54, 1.807) is 0 Å². The summed E-state index contributed by atoms with van der Waals surface area (Å²) in [6.45, 7) is 0.178. The Bertz CT molecular complexity index is 490. The van der Waals surface area contributed by atoms with Crippen molar-refractivity contribution in [1.82, 2.24) is 0 Å². The summed E-state index contributed by atoms with van der Waals surface area (Å²) in [5, 5.41) is 2.58. The van der Waals surface area contributed by atoms with Gasteiger partial charge in [-0.25, -0.2) is 4.39 Å². The van der Waals surface area contributed by atoms with Crippen LogP contribution in [0.1, 0.15) is 6.42 Å². The fraction of sp³-hybridized carbons (Fsp3) is 0.333. The third-order valence-corrected chi connectivity index (χ3v) is 2.65. The summed E-state index contributed by atoms with van der Waals surface area (Å²) in [7, 11) is 1.42. The minimum Gasteiger partial charge on any atom is -0.375 e. The maximum Gasteiger partial charge on any atom is 0.253 e. The normalized spacial score (nSPS) is 14.8. The van der Waals surface area contributed by atoms with Gasteiger partial charge in [0.05, 0.1) is 11.4 Å². The first kappa shape index (κ1) is 12.5. The van der Waals surface area contributed by atoms with Crippen LogP contribution in [-0.4, -0.2) is 32.1 Å². The zero-order chi connectivity index (χ0) is 13.1. The van der Waals surface area contributed by atoms with E-state index in [2.05, 4.69) is 5.32 Å². The molecule has 1 aliphatic heterocycles. The molecule has 18 heavy (non-hydrogen) atoms. The molecule has 0 saturated carbocycles. The minimum absolute atomic E-state index is 0.0784. The van der Waals surface area contributed by atoms with Crippen LogP contribution >= 0.6 is 0 Å². The first-order valence-corrected chi connectivity index (χ1v) is 5.50. The molecule has 0 unspecified atom stereocenters. The second-order valence-electron chi connectivity index (χ2n) is 3.94. The predicted octanol–water partition coefficient (Wildman–Crippen LogP) is 1.15. The molecule has 1 N–H and O–H groups in total. The number of ether oxygens (including phenoxy) is 1. The second kappa shape index (κ2) is 5.14. The molecule has 5 nitrogen and oxygen atoms in total. The number of anilines is 2. The number of nitrogens with one attached hydrogen (secondary N) is 1. The van der Waals surface area contributed by atoms with Gasteiger partial charge in [-0.3, -0.25) is 9.59 Å². The molecule has 0 aliphatic carbocycles. The number of rotatable bonds is 2. The van der Waals surface area contributed by atoms with Crippen LogP contribution in [0.5, 0.6) is 0 Å². The van der Waals surface area contributed by atoms with Crippen LogP contribution in [0.25, 0.3) is 0 Å². The molecule has 2 amide bonds. The Labute approximate surface area is 104 Å². The first-order chi connectivity index (χ1) is 8.61. The topological polar surface area (TPSA) is 58.6 Å². The Hall–Kier alpha value is -1.95. The highest BCUT2D eigenvalue weighted by Gasteiger charge is 2.24. The Morgan fingerprint density at radius 1 is 1.56 bits per heavy atom. The molecule has 1 aromatic carbocycles. The number of carbonyl (C=O) groups excluding carboxylic acids is 2. The van der Waals surface area contributed by atoms with Gasteiger partial charge in [0.1, 0.15) is 12.4 Å². The van der Waals surface area contributed by atoms with Gasteiger partial charge in [-0.2, -0.15) is 0 Å². The number of hydrogen-bond acceptors (Lipinski definition) is 3. The van der Waals surface area contributed by atoms with Gasteiger partial charge in [-0.15, -0.1) is 0 Å². The molecule has 2 rings (SSSR count). The average molecular weight is 252 g/mol. The van der Waals surface area contributed by atoms with Crippen LogP contribution in [0.3, 0.4) is 0 Å². The fourth-order valence-electron chi connectivity index (χ4n) is 1.85. The molecule has 1 aliphatic rings. The van der Waals surface area contributed by atoms with E-state index in [9.17, 15) is 14.0 Å². The van der Waals surface area contributed by atoms with Gasteiger partial charge >= 0.3 is 0 Å². The second-order valence-corrected chi connectivity index (χ2v) is 3.94. The number of hydrogen-bond donors (Lipinski definition) is 1. The summed E-state index contributed by atoms with van der Waals surface area (Å²) in [6.07, 6.45) is 0.172. The van der Waals surface area contributed by atoms with E-state index >= 15 is 0 Å². The van der Waals surface area contributed by atoms with Gasteiger partial charge < -0.3 is 15.0 Å². The number of benzene rings is 1. The van der Waals surface area contributed by atoms with E-state index in [-0.39, 0.29) is 31.4 Å². The quantitative estimate of drug-likeness (QED) is 0.858. The molecule has 0 aromatic heterocycles. The number of halogens is 1. The van der Waals surface area contributed by atoms with Crippen molar-refractivity contribution in [2.75, 3.05) is 30.5 Å². The SMILES string of the molecule is COCC(=O)N1CCC(=O)Nc2cc(F)ccc21. The molecule has 0 radical (unpaired) electrons. The molecular formula is C12H13FN2O3. The van der Waals surface area contributed by atoms with Crippen molar-refractivity contribution in [2.24, 2.45) is 0 Å². The Kier molecular flexibility index (Phi) is 3.57. The Balaban J connectivity index is 2.39. The highest BCUT2D eigenvalue weighted by molar-refractivity contribution is 6.04. The van der Waals surface area contributed by atoms with Crippen LogP contribution in [0, 0.1) is 5.82 Å². The highest BCUT2D eigenvalue weighted by Crippen LogP contribution is 2.29. The molecule has 1 heterocycles. The van der Waals surface area contributed by atoms with Crippen molar-refractivity contribution >= 4 is 23.2 Å².